The fourth-order valence-corrected chi connectivity index (χ4v) is 2.19. The molecule has 0 heterocycles. The molecule has 0 aromatic heterocycles. The second kappa shape index (κ2) is 4.82. The largest absolute Gasteiger partial charge is 0.293 e. The Labute approximate surface area is 91.0 Å². The molecule has 13 heavy (non-hydrogen) atoms. The molecule has 0 bridgehead atoms. The first kappa shape index (κ1) is 10.8. The number of carbonyl (C=O) groups is 1. The lowest BCUT2D eigenvalue weighted by Crippen LogP contribution is -2.02. The summed E-state index contributed by atoms with van der Waals surface area (Å²) in [6.45, 7) is 2.01. The topological polar surface area (TPSA) is 17.1 Å². The average Bonchev–Trinajstić information content (AvgIpc) is 2.04. The van der Waals surface area contributed by atoms with Gasteiger partial charge in [-0.25, -0.2) is 0 Å². The third-order valence-electron chi connectivity index (χ3n) is 1.70. The molecule has 3 heteroatoms. The average molecular weight is 259 g/mol. The molecule has 0 aliphatic rings. The molecule has 0 amide bonds. The molecule has 0 atom stereocenters. The monoisotopic (exact) mass is 258 g/mol. The molecule has 70 valence electrons. The van der Waals surface area contributed by atoms with E-state index in [1.807, 2.05) is 31.4 Å². The number of hydrogen-bond donors (Lipinski definition) is 0. The van der Waals surface area contributed by atoms with Crippen LogP contribution < -0.4 is 0 Å². The highest BCUT2D eigenvalue weighted by Gasteiger charge is 2.08. The number of hydrogen-bond acceptors (Lipinski definition) is 2. The van der Waals surface area contributed by atoms with E-state index in [2.05, 4.69) is 15.9 Å². The summed E-state index contributed by atoms with van der Waals surface area (Å²) in [5, 5.41) is 0. The number of rotatable bonds is 3. The Morgan fingerprint density at radius 2 is 2.23 bits per heavy atom. The molecule has 1 aromatic carbocycles. The van der Waals surface area contributed by atoms with Gasteiger partial charge >= 0.3 is 0 Å². The van der Waals surface area contributed by atoms with Crippen molar-refractivity contribution in [2.24, 2.45) is 0 Å². The van der Waals surface area contributed by atoms with E-state index in [4.69, 9.17) is 0 Å². The third kappa shape index (κ3) is 2.85. The van der Waals surface area contributed by atoms with Crippen molar-refractivity contribution in [3.05, 3.63) is 33.8 Å². The summed E-state index contributed by atoms with van der Waals surface area (Å²) in [6, 6.07) is 5.80. The van der Waals surface area contributed by atoms with Crippen molar-refractivity contribution in [2.75, 3.05) is 12.0 Å². The van der Waals surface area contributed by atoms with Crippen molar-refractivity contribution in [1.29, 1.82) is 0 Å². The van der Waals surface area contributed by atoms with E-state index in [9.17, 15) is 4.79 Å². The lowest BCUT2D eigenvalue weighted by atomic mass is 10.1. The molecule has 0 aliphatic heterocycles. The van der Waals surface area contributed by atoms with Crippen LogP contribution in [-0.4, -0.2) is 17.8 Å². The zero-order chi connectivity index (χ0) is 9.84. The van der Waals surface area contributed by atoms with Crippen LogP contribution in [0.4, 0.5) is 0 Å². The smallest absolute Gasteiger partial charge is 0.173 e. The van der Waals surface area contributed by atoms with Gasteiger partial charge in [-0.2, -0.15) is 11.8 Å². The van der Waals surface area contributed by atoms with Gasteiger partial charge in [0.2, 0.25) is 0 Å². The van der Waals surface area contributed by atoms with Gasteiger partial charge in [0.15, 0.2) is 5.78 Å². The maximum absolute atomic E-state index is 11.5. The molecular weight excluding hydrogens is 248 g/mol. The summed E-state index contributed by atoms with van der Waals surface area (Å²) in [4.78, 5) is 11.5. The minimum absolute atomic E-state index is 0.180. The summed E-state index contributed by atoms with van der Waals surface area (Å²) in [5.41, 5.74) is 1.94. The Hall–Kier alpha value is -0.280. The maximum Gasteiger partial charge on any atom is 0.173 e. The number of ketones is 1. The van der Waals surface area contributed by atoms with Crippen LogP contribution >= 0.6 is 27.7 Å². The minimum Gasteiger partial charge on any atom is -0.293 e. The lowest BCUT2D eigenvalue weighted by molar-refractivity contribution is 0.102. The first-order valence-electron chi connectivity index (χ1n) is 3.93. The number of thioether (sulfide) groups is 1. The standard InChI is InChI=1S/C10H11BrOS/c1-7-3-4-8(9(11)5-7)10(12)6-13-2/h3-5H,6H2,1-2H3. The van der Waals surface area contributed by atoms with Crippen LogP contribution in [0.15, 0.2) is 22.7 Å². The van der Waals surface area contributed by atoms with E-state index < -0.39 is 0 Å². The van der Waals surface area contributed by atoms with Crippen molar-refractivity contribution in [3.8, 4) is 0 Å². The van der Waals surface area contributed by atoms with Gasteiger partial charge in [-0.3, -0.25) is 4.79 Å². The van der Waals surface area contributed by atoms with Crippen molar-refractivity contribution in [3.63, 3.8) is 0 Å². The van der Waals surface area contributed by atoms with Gasteiger partial charge < -0.3 is 0 Å². The Morgan fingerprint density at radius 1 is 1.54 bits per heavy atom. The Kier molecular flexibility index (Phi) is 4.00. The normalized spacial score (nSPS) is 10.1. The highest BCUT2D eigenvalue weighted by Crippen LogP contribution is 2.19. The quantitative estimate of drug-likeness (QED) is 0.775. The van der Waals surface area contributed by atoms with E-state index >= 15 is 0 Å². The summed E-state index contributed by atoms with van der Waals surface area (Å²) < 4.78 is 0.895. The zero-order valence-electron chi connectivity index (χ0n) is 7.63. The van der Waals surface area contributed by atoms with Gasteiger partial charge in [0.05, 0.1) is 5.75 Å². The van der Waals surface area contributed by atoms with Crippen LogP contribution in [0.5, 0.6) is 0 Å². The minimum atomic E-state index is 0.180. The molecule has 0 fully saturated rings. The van der Waals surface area contributed by atoms with Gasteiger partial charge in [0.1, 0.15) is 0 Å². The first-order valence-corrected chi connectivity index (χ1v) is 6.12. The molecule has 0 unspecified atom stereocenters. The van der Waals surface area contributed by atoms with Gasteiger partial charge in [-0.1, -0.05) is 22.0 Å². The van der Waals surface area contributed by atoms with Crippen LogP contribution in [-0.2, 0) is 0 Å². The predicted octanol–water partition coefficient (Wildman–Crippen LogP) is 3.30. The first-order chi connectivity index (χ1) is 6.15. The lowest BCUT2D eigenvalue weighted by Gasteiger charge is -2.02. The van der Waals surface area contributed by atoms with Crippen LogP contribution in [0.25, 0.3) is 0 Å². The van der Waals surface area contributed by atoms with Crippen molar-refractivity contribution in [1.82, 2.24) is 0 Å². The van der Waals surface area contributed by atoms with E-state index in [0.717, 1.165) is 15.6 Å². The van der Waals surface area contributed by atoms with E-state index in [1.165, 1.54) is 0 Å². The van der Waals surface area contributed by atoms with Crippen molar-refractivity contribution >= 4 is 33.5 Å². The van der Waals surface area contributed by atoms with Gasteiger partial charge in [0.25, 0.3) is 0 Å². The number of Topliss-reactive ketones (excluding diaryl/α,β-unsaturated/α-hetero) is 1. The third-order valence-corrected chi connectivity index (χ3v) is 2.91. The van der Waals surface area contributed by atoms with Crippen LogP contribution in [0.1, 0.15) is 15.9 Å². The van der Waals surface area contributed by atoms with Gasteiger partial charge in [-0.15, -0.1) is 0 Å². The van der Waals surface area contributed by atoms with Crippen molar-refractivity contribution in [2.45, 2.75) is 6.92 Å². The van der Waals surface area contributed by atoms with Crippen LogP contribution in [0.2, 0.25) is 0 Å². The summed E-state index contributed by atoms with van der Waals surface area (Å²) >= 11 is 4.93. The molecule has 1 nitrogen and oxygen atoms in total. The number of aryl methyl sites for hydroxylation is 1. The SMILES string of the molecule is CSCC(=O)c1ccc(C)cc1Br. The maximum atomic E-state index is 11.5. The van der Waals surface area contributed by atoms with Crippen LogP contribution in [0.3, 0.4) is 0 Å². The molecule has 1 rings (SSSR count). The Balaban J connectivity index is 2.95. The molecule has 0 radical (unpaired) electrons. The fraction of sp³-hybridized carbons (Fsp3) is 0.300. The van der Waals surface area contributed by atoms with Crippen LogP contribution in [0, 0.1) is 6.92 Å². The molecule has 0 N–H and O–H groups in total. The highest BCUT2D eigenvalue weighted by atomic mass is 79.9. The highest BCUT2D eigenvalue weighted by molar-refractivity contribution is 9.10. The number of halogens is 1. The van der Waals surface area contributed by atoms with E-state index in [1.54, 1.807) is 11.8 Å². The second-order valence-electron chi connectivity index (χ2n) is 2.84. The molecule has 1 aromatic rings. The summed E-state index contributed by atoms with van der Waals surface area (Å²) in [5.74, 6) is 0.723. The summed E-state index contributed by atoms with van der Waals surface area (Å²) in [6.07, 6.45) is 1.93. The molecular formula is C10H11BrOS. The van der Waals surface area contributed by atoms with Gasteiger partial charge in [0, 0.05) is 10.0 Å². The van der Waals surface area contributed by atoms with Gasteiger partial charge in [-0.05, 0) is 30.9 Å². The molecule has 0 saturated carbocycles. The van der Waals surface area contributed by atoms with E-state index in [0.29, 0.717) is 5.75 Å². The number of carbonyl (C=O) groups excluding carboxylic acids is 1. The molecule has 0 saturated heterocycles. The Morgan fingerprint density at radius 3 is 2.77 bits per heavy atom. The predicted molar refractivity (Wildman–Crippen MR) is 61.6 cm³/mol. The molecule has 0 aliphatic carbocycles. The molecule has 0 spiro atoms. The summed E-state index contributed by atoms with van der Waals surface area (Å²) in [7, 11) is 0. The Bertz CT molecular complexity index is 323. The van der Waals surface area contributed by atoms with Crippen molar-refractivity contribution < 1.29 is 4.79 Å². The zero-order valence-corrected chi connectivity index (χ0v) is 10.0. The second-order valence-corrected chi connectivity index (χ2v) is 4.56. The number of benzene rings is 1. The van der Waals surface area contributed by atoms with E-state index in [-0.39, 0.29) is 5.78 Å². The fourth-order valence-electron chi connectivity index (χ4n) is 1.06.